The summed E-state index contributed by atoms with van der Waals surface area (Å²) in [7, 11) is 11.2. The van der Waals surface area contributed by atoms with Crippen LogP contribution in [0.25, 0.3) is 101 Å². The van der Waals surface area contributed by atoms with Gasteiger partial charge in [-0.25, -0.2) is 15.0 Å². The van der Waals surface area contributed by atoms with Gasteiger partial charge in [0, 0.05) is 27.5 Å². The van der Waals surface area contributed by atoms with Crippen LogP contribution in [0, 0.1) is 0 Å². The van der Waals surface area contributed by atoms with Gasteiger partial charge in [0.15, 0.2) is 17.5 Å². The van der Waals surface area contributed by atoms with Crippen LogP contribution in [0.15, 0.2) is 174 Å². The number of aromatic nitrogens is 3. The van der Waals surface area contributed by atoms with Crippen LogP contribution in [-0.2, 0) is 0 Å². The van der Waals surface area contributed by atoms with Gasteiger partial charge >= 0.3 is 0 Å². The molecule has 0 aliphatic heterocycles. The number of furan rings is 1. The Balaban J connectivity index is 0.995. The summed E-state index contributed by atoms with van der Waals surface area (Å²) >= 11 is 0. The summed E-state index contributed by atoms with van der Waals surface area (Å²) in [5.74, 6) is 1.83. The van der Waals surface area contributed by atoms with Crippen molar-refractivity contribution in [3.63, 3.8) is 0 Å². The molecule has 0 fully saturated rings. The van der Waals surface area contributed by atoms with E-state index in [0.717, 1.165) is 60.9 Å². The molecule has 2 aromatic heterocycles. The molecule has 0 bridgehead atoms. The first-order valence-corrected chi connectivity index (χ1v) is 20.5. The predicted molar refractivity (Wildman–Crippen MR) is 266 cm³/mol. The van der Waals surface area contributed by atoms with Gasteiger partial charge in [-0.15, -0.1) is 16.4 Å². The molecule has 0 N–H and O–H groups in total. The molecule has 0 saturated carbocycles. The van der Waals surface area contributed by atoms with Crippen molar-refractivity contribution >= 4 is 88.5 Å². The molecule has 0 atom stereocenters. The molecule has 0 spiro atoms. The molecule has 0 aliphatic rings. The van der Waals surface area contributed by atoms with E-state index < -0.39 is 0 Å². The zero-order valence-electron chi connectivity index (χ0n) is 34.4. The zero-order valence-corrected chi connectivity index (χ0v) is 34.4. The Morgan fingerprint density at radius 1 is 0.317 bits per heavy atom. The van der Waals surface area contributed by atoms with E-state index in [0.29, 0.717) is 17.5 Å². The SMILES string of the molecule is Bc1c(B)c(B)c(-c2ccc(-c3ccc(-c4ccc5c(c4)oc4cccc(-c6nc(-c7ccccc7)nc(-c7cccc(-c8ccccc8)c7)n6)c45)cc3)cc2)c(B)c1B. The summed E-state index contributed by atoms with van der Waals surface area (Å²) in [5.41, 5.74) is 20.7. The van der Waals surface area contributed by atoms with Gasteiger partial charge in [-0.2, -0.15) is 0 Å². The lowest BCUT2D eigenvalue weighted by Gasteiger charge is -2.20. The summed E-state index contributed by atoms with van der Waals surface area (Å²) < 4.78 is 6.58. The molecule has 60 heavy (non-hydrogen) atoms. The Morgan fingerprint density at radius 3 is 1.42 bits per heavy atom. The Labute approximate surface area is 354 Å². The standard InChI is InChI=1S/C51H38B5N3O/c52-44-42(45(53)47(55)48(56)46(44)54)33-23-21-31(22-24-33)30-17-19-32(20-18-30)36-25-26-38-41(28-36)60-40-16-8-15-39(43(38)40)51-58-49(34-11-5-2-6-12-34)57-50(59-51)37-14-7-13-35(27-37)29-9-3-1-4-10-29/h1-28H,52-56H2. The maximum absolute atomic E-state index is 6.58. The monoisotopic (exact) mass is 763 g/mol. The van der Waals surface area contributed by atoms with Crippen LogP contribution in [0.4, 0.5) is 0 Å². The Hall–Kier alpha value is -7.11. The van der Waals surface area contributed by atoms with E-state index in [1.54, 1.807) is 0 Å². The lowest BCUT2D eigenvalue weighted by Crippen LogP contribution is -2.55. The minimum atomic E-state index is 0.597. The second kappa shape index (κ2) is 15.2. The molecule has 9 heteroatoms. The number of nitrogens with zero attached hydrogens (tertiary/aromatic N) is 3. The molecule has 2 heterocycles. The van der Waals surface area contributed by atoms with Crippen molar-refractivity contribution in [3.05, 3.63) is 170 Å². The Morgan fingerprint density at radius 2 is 0.767 bits per heavy atom. The fourth-order valence-electron chi connectivity index (χ4n) is 8.62. The van der Waals surface area contributed by atoms with Crippen LogP contribution in [0.2, 0.25) is 0 Å². The summed E-state index contributed by atoms with van der Waals surface area (Å²) in [4.78, 5) is 15.3. The van der Waals surface area contributed by atoms with Crippen LogP contribution in [0.5, 0.6) is 0 Å². The molecule has 10 aromatic rings. The maximum atomic E-state index is 6.58. The van der Waals surface area contributed by atoms with E-state index in [2.05, 4.69) is 161 Å². The minimum Gasteiger partial charge on any atom is -0.456 e. The molecular weight excluding hydrogens is 725 g/mol. The highest BCUT2D eigenvalue weighted by atomic mass is 16.3. The summed E-state index contributed by atoms with van der Waals surface area (Å²) in [6, 6.07) is 59.3. The average Bonchev–Trinajstić information content (AvgIpc) is 3.69. The van der Waals surface area contributed by atoms with Gasteiger partial charge in [0.2, 0.25) is 0 Å². The third-order valence-corrected chi connectivity index (χ3v) is 12.4. The van der Waals surface area contributed by atoms with Crippen molar-refractivity contribution in [2.24, 2.45) is 0 Å². The van der Waals surface area contributed by atoms with Crippen molar-refractivity contribution in [2.45, 2.75) is 0 Å². The number of benzene rings is 8. The van der Waals surface area contributed by atoms with E-state index in [9.17, 15) is 0 Å². The number of rotatable bonds is 7. The number of hydrogen-bond donors (Lipinski definition) is 0. The lowest BCUT2D eigenvalue weighted by molar-refractivity contribution is 0.669. The molecule has 4 nitrogen and oxygen atoms in total. The summed E-state index contributed by atoms with van der Waals surface area (Å²) in [5, 5.41) is 1.99. The van der Waals surface area contributed by atoms with E-state index >= 15 is 0 Å². The zero-order chi connectivity index (χ0) is 40.9. The quantitative estimate of drug-likeness (QED) is 0.221. The molecular formula is C51H38B5N3O. The molecule has 0 unspecified atom stereocenters. The summed E-state index contributed by atoms with van der Waals surface area (Å²) in [6.45, 7) is 0. The normalized spacial score (nSPS) is 11.3. The van der Waals surface area contributed by atoms with Gasteiger partial charge in [0.25, 0.3) is 0 Å². The van der Waals surface area contributed by atoms with E-state index in [1.807, 2.05) is 48.5 Å². The van der Waals surface area contributed by atoms with Crippen LogP contribution in [0.3, 0.4) is 0 Å². The fourth-order valence-corrected chi connectivity index (χ4v) is 8.62. The average molecular weight is 763 g/mol. The summed E-state index contributed by atoms with van der Waals surface area (Å²) in [6.07, 6.45) is 0. The molecule has 10 rings (SSSR count). The molecule has 0 aliphatic carbocycles. The first-order chi connectivity index (χ1) is 29.3. The molecule has 0 radical (unpaired) electrons. The predicted octanol–water partition coefficient (Wildman–Crippen LogP) is 4.73. The largest absolute Gasteiger partial charge is 0.456 e. The van der Waals surface area contributed by atoms with E-state index in [-0.39, 0.29) is 0 Å². The number of hydrogen-bond acceptors (Lipinski definition) is 4. The molecule has 0 saturated heterocycles. The van der Waals surface area contributed by atoms with Crippen molar-refractivity contribution in [3.8, 4) is 78.7 Å². The first kappa shape index (κ1) is 37.2. The highest BCUT2D eigenvalue weighted by Crippen LogP contribution is 2.39. The van der Waals surface area contributed by atoms with Gasteiger partial charge in [-0.1, -0.05) is 157 Å². The molecule has 0 amide bonds. The highest BCUT2D eigenvalue weighted by molar-refractivity contribution is 6.68. The van der Waals surface area contributed by atoms with Crippen molar-refractivity contribution in [2.75, 3.05) is 0 Å². The minimum absolute atomic E-state index is 0.597. The van der Waals surface area contributed by atoms with Crippen LogP contribution in [-0.4, -0.2) is 54.2 Å². The van der Waals surface area contributed by atoms with Gasteiger partial charge in [-0.05, 0) is 68.8 Å². The molecule has 278 valence electrons. The van der Waals surface area contributed by atoms with Crippen LogP contribution >= 0.6 is 0 Å². The third kappa shape index (κ3) is 6.66. The van der Waals surface area contributed by atoms with E-state index in [1.165, 1.54) is 49.6 Å². The smallest absolute Gasteiger partial charge is 0.164 e. The van der Waals surface area contributed by atoms with Crippen molar-refractivity contribution in [1.29, 1.82) is 0 Å². The first-order valence-electron chi connectivity index (χ1n) is 20.5. The second-order valence-electron chi connectivity index (χ2n) is 15.8. The second-order valence-corrected chi connectivity index (χ2v) is 15.8. The van der Waals surface area contributed by atoms with Gasteiger partial charge in [0.1, 0.15) is 50.4 Å². The van der Waals surface area contributed by atoms with Crippen molar-refractivity contribution in [1.82, 2.24) is 15.0 Å². The van der Waals surface area contributed by atoms with Crippen molar-refractivity contribution < 1.29 is 4.42 Å². The van der Waals surface area contributed by atoms with E-state index in [4.69, 9.17) is 19.4 Å². The maximum Gasteiger partial charge on any atom is 0.164 e. The van der Waals surface area contributed by atoms with Crippen LogP contribution < -0.4 is 27.3 Å². The van der Waals surface area contributed by atoms with Gasteiger partial charge < -0.3 is 4.42 Å². The number of fused-ring (bicyclic) bond motifs is 3. The fraction of sp³-hybridized carbons (Fsp3) is 0. The molecule has 8 aromatic carbocycles. The highest BCUT2D eigenvalue weighted by Gasteiger charge is 2.19. The van der Waals surface area contributed by atoms with Crippen LogP contribution in [0.1, 0.15) is 0 Å². The third-order valence-electron chi connectivity index (χ3n) is 12.4. The van der Waals surface area contributed by atoms with Gasteiger partial charge in [0.05, 0.1) is 0 Å². The Kier molecular flexibility index (Phi) is 9.45. The lowest BCUT2D eigenvalue weighted by atomic mass is 9.59. The topological polar surface area (TPSA) is 51.8 Å². The Bertz CT molecular complexity index is 3210. The van der Waals surface area contributed by atoms with Gasteiger partial charge in [-0.3, -0.25) is 0 Å².